The van der Waals surface area contributed by atoms with Crippen molar-refractivity contribution < 1.29 is 4.79 Å². The molecule has 100 valence electrons. The summed E-state index contributed by atoms with van der Waals surface area (Å²) in [6.45, 7) is 2.17. The molecule has 0 radical (unpaired) electrons. The first kappa shape index (κ1) is 15.0. The Hall–Kier alpha value is -1.03. The Kier molecular flexibility index (Phi) is 6.80. The van der Waals surface area contributed by atoms with E-state index in [-0.39, 0.29) is 11.9 Å². The number of carbonyl (C=O) groups excluding carboxylic acids is 1. The molecule has 0 aliphatic carbocycles. The fourth-order valence-electron chi connectivity index (χ4n) is 1.84. The monoisotopic (exact) mass is 312 g/mol. The van der Waals surface area contributed by atoms with Gasteiger partial charge < -0.3 is 11.1 Å². The molecule has 1 aromatic rings. The molecule has 0 fully saturated rings. The largest absolute Gasteiger partial charge is 0.374 e. The van der Waals surface area contributed by atoms with Crippen molar-refractivity contribution in [3.05, 3.63) is 28.7 Å². The highest BCUT2D eigenvalue weighted by Crippen LogP contribution is 2.18. The van der Waals surface area contributed by atoms with Gasteiger partial charge in [-0.25, -0.2) is 0 Å². The zero-order chi connectivity index (χ0) is 13.4. The second-order valence-electron chi connectivity index (χ2n) is 4.46. The van der Waals surface area contributed by atoms with E-state index in [9.17, 15) is 4.79 Å². The predicted octanol–water partition coefficient (Wildman–Crippen LogP) is 3.69. The van der Waals surface area contributed by atoms with Crippen molar-refractivity contribution in [1.82, 2.24) is 0 Å². The molecule has 0 spiro atoms. The Balaban J connectivity index is 2.50. The van der Waals surface area contributed by atoms with Gasteiger partial charge in [-0.2, -0.15) is 0 Å². The molecular weight excluding hydrogens is 292 g/mol. The summed E-state index contributed by atoms with van der Waals surface area (Å²) in [5.74, 6) is -0.286. The highest BCUT2D eigenvalue weighted by molar-refractivity contribution is 9.10. The SMILES string of the molecule is CCCCCCC(Nc1cccc(Br)c1)C(N)=O. The van der Waals surface area contributed by atoms with Gasteiger partial charge in [0.1, 0.15) is 6.04 Å². The molecular formula is C14H21BrN2O. The highest BCUT2D eigenvalue weighted by atomic mass is 79.9. The summed E-state index contributed by atoms with van der Waals surface area (Å²) in [4.78, 5) is 11.4. The summed E-state index contributed by atoms with van der Waals surface area (Å²) in [6, 6.07) is 7.48. The average molecular weight is 313 g/mol. The molecule has 0 aliphatic rings. The normalized spacial score (nSPS) is 12.1. The maximum atomic E-state index is 11.4. The van der Waals surface area contributed by atoms with E-state index in [0.29, 0.717) is 0 Å². The van der Waals surface area contributed by atoms with E-state index in [1.165, 1.54) is 12.8 Å². The number of benzene rings is 1. The molecule has 1 aromatic carbocycles. The molecule has 3 N–H and O–H groups in total. The van der Waals surface area contributed by atoms with Gasteiger partial charge in [-0.15, -0.1) is 0 Å². The number of halogens is 1. The maximum Gasteiger partial charge on any atom is 0.239 e. The molecule has 3 nitrogen and oxygen atoms in total. The lowest BCUT2D eigenvalue weighted by Gasteiger charge is -2.16. The highest BCUT2D eigenvalue weighted by Gasteiger charge is 2.14. The van der Waals surface area contributed by atoms with Crippen molar-refractivity contribution in [3.8, 4) is 0 Å². The van der Waals surface area contributed by atoms with E-state index in [1.807, 2.05) is 24.3 Å². The Bertz CT molecular complexity index is 382. The van der Waals surface area contributed by atoms with E-state index in [0.717, 1.165) is 29.4 Å². The lowest BCUT2D eigenvalue weighted by atomic mass is 10.1. The van der Waals surface area contributed by atoms with Crippen molar-refractivity contribution in [3.63, 3.8) is 0 Å². The van der Waals surface area contributed by atoms with Crippen LogP contribution in [0.25, 0.3) is 0 Å². The molecule has 4 heteroatoms. The van der Waals surface area contributed by atoms with Gasteiger partial charge in [0.25, 0.3) is 0 Å². The van der Waals surface area contributed by atoms with Gasteiger partial charge in [-0.3, -0.25) is 4.79 Å². The number of primary amides is 1. The van der Waals surface area contributed by atoms with E-state index in [4.69, 9.17) is 5.73 Å². The number of hydrogen-bond donors (Lipinski definition) is 2. The van der Waals surface area contributed by atoms with Crippen LogP contribution < -0.4 is 11.1 Å². The summed E-state index contributed by atoms with van der Waals surface area (Å²) >= 11 is 3.41. The summed E-state index contributed by atoms with van der Waals surface area (Å²) in [7, 11) is 0. The van der Waals surface area contributed by atoms with Gasteiger partial charge in [-0.1, -0.05) is 54.6 Å². The molecule has 1 unspecified atom stereocenters. The zero-order valence-corrected chi connectivity index (χ0v) is 12.4. The van der Waals surface area contributed by atoms with E-state index >= 15 is 0 Å². The van der Waals surface area contributed by atoms with Crippen LogP contribution in [0, 0.1) is 0 Å². The van der Waals surface area contributed by atoms with Crippen molar-refractivity contribution in [1.29, 1.82) is 0 Å². The third-order valence-corrected chi connectivity index (χ3v) is 3.35. The van der Waals surface area contributed by atoms with Crippen LogP contribution >= 0.6 is 15.9 Å². The van der Waals surface area contributed by atoms with E-state index in [2.05, 4.69) is 28.2 Å². The summed E-state index contributed by atoms with van der Waals surface area (Å²) in [6.07, 6.45) is 5.38. The standard InChI is InChI=1S/C14H21BrN2O/c1-2-3-4-5-9-13(14(16)18)17-12-8-6-7-11(15)10-12/h6-8,10,13,17H,2-5,9H2,1H3,(H2,16,18). The summed E-state index contributed by atoms with van der Waals surface area (Å²) in [5.41, 5.74) is 6.34. The topological polar surface area (TPSA) is 55.1 Å². The van der Waals surface area contributed by atoms with Crippen LogP contribution in [-0.4, -0.2) is 11.9 Å². The van der Waals surface area contributed by atoms with Gasteiger partial charge in [0.05, 0.1) is 0 Å². The maximum absolute atomic E-state index is 11.4. The van der Waals surface area contributed by atoms with Crippen LogP contribution in [0.1, 0.15) is 39.0 Å². The number of hydrogen-bond acceptors (Lipinski definition) is 2. The van der Waals surface area contributed by atoms with Crippen molar-refractivity contribution in [2.45, 2.75) is 45.1 Å². The van der Waals surface area contributed by atoms with Gasteiger partial charge >= 0.3 is 0 Å². The quantitative estimate of drug-likeness (QED) is 0.719. The lowest BCUT2D eigenvalue weighted by molar-refractivity contribution is -0.118. The smallest absolute Gasteiger partial charge is 0.239 e. The third-order valence-electron chi connectivity index (χ3n) is 2.86. The molecule has 0 saturated carbocycles. The molecule has 0 saturated heterocycles. The van der Waals surface area contributed by atoms with Gasteiger partial charge in [-0.05, 0) is 24.6 Å². The van der Waals surface area contributed by atoms with Crippen LogP contribution in [0.5, 0.6) is 0 Å². The number of amides is 1. The van der Waals surface area contributed by atoms with Crippen LogP contribution in [-0.2, 0) is 4.79 Å². The summed E-state index contributed by atoms with van der Waals surface area (Å²) < 4.78 is 0.988. The first-order valence-corrected chi connectivity index (χ1v) is 7.24. The minimum atomic E-state index is -0.286. The fraction of sp³-hybridized carbons (Fsp3) is 0.500. The number of rotatable bonds is 8. The predicted molar refractivity (Wildman–Crippen MR) is 79.5 cm³/mol. The Labute approximate surface area is 117 Å². The molecule has 1 atom stereocenters. The number of anilines is 1. The van der Waals surface area contributed by atoms with E-state index < -0.39 is 0 Å². The van der Waals surface area contributed by atoms with Crippen LogP contribution in [0.3, 0.4) is 0 Å². The van der Waals surface area contributed by atoms with Crippen LogP contribution in [0.15, 0.2) is 28.7 Å². The third kappa shape index (κ3) is 5.54. The minimum Gasteiger partial charge on any atom is -0.374 e. The Morgan fingerprint density at radius 3 is 2.78 bits per heavy atom. The summed E-state index contributed by atoms with van der Waals surface area (Å²) in [5, 5.41) is 3.19. The van der Waals surface area contributed by atoms with Gasteiger partial charge in [0, 0.05) is 10.2 Å². The number of nitrogens with two attached hydrogens (primary N) is 1. The fourth-order valence-corrected chi connectivity index (χ4v) is 2.24. The molecule has 0 aliphatic heterocycles. The first-order valence-electron chi connectivity index (χ1n) is 6.45. The Morgan fingerprint density at radius 1 is 1.39 bits per heavy atom. The van der Waals surface area contributed by atoms with E-state index in [1.54, 1.807) is 0 Å². The molecule has 0 aromatic heterocycles. The lowest BCUT2D eigenvalue weighted by Crippen LogP contribution is -2.35. The molecule has 1 amide bonds. The molecule has 1 rings (SSSR count). The number of carbonyl (C=O) groups is 1. The van der Waals surface area contributed by atoms with Crippen molar-refractivity contribution >= 4 is 27.5 Å². The van der Waals surface area contributed by atoms with Gasteiger partial charge in [0.2, 0.25) is 5.91 Å². The number of unbranched alkanes of at least 4 members (excludes halogenated alkanes) is 3. The second-order valence-corrected chi connectivity index (χ2v) is 5.37. The molecule has 18 heavy (non-hydrogen) atoms. The van der Waals surface area contributed by atoms with Crippen LogP contribution in [0.2, 0.25) is 0 Å². The molecule has 0 heterocycles. The second kappa shape index (κ2) is 8.14. The zero-order valence-electron chi connectivity index (χ0n) is 10.8. The first-order chi connectivity index (χ1) is 8.63. The van der Waals surface area contributed by atoms with Crippen molar-refractivity contribution in [2.75, 3.05) is 5.32 Å². The average Bonchev–Trinajstić information content (AvgIpc) is 2.33. The van der Waals surface area contributed by atoms with Crippen LogP contribution in [0.4, 0.5) is 5.69 Å². The number of nitrogens with one attached hydrogen (secondary N) is 1. The Morgan fingerprint density at radius 2 is 2.17 bits per heavy atom. The molecule has 0 bridgehead atoms. The van der Waals surface area contributed by atoms with Gasteiger partial charge in [0.15, 0.2) is 0 Å². The minimum absolute atomic E-state index is 0.281. The van der Waals surface area contributed by atoms with Crippen molar-refractivity contribution in [2.24, 2.45) is 5.73 Å².